The first-order valence-corrected chi connectivity index (χ1v) is 22.1. The molecule has 8 N–H and O–H groups in total. The molecule has 2 aromatic heterocycles. The molecule has 6 aliphatic rings. The highest BCUT2D eigenvalue weighted by Gasteiger charge is 2.78. The summed E-state index contributed by atoms with van der Waals surface area (Å²) in [6.45, 7) is 7.39. The van der Waals surface area contributed by atoms with Crippen LogP contribution in [0.15, 0.2) is 70.4 Å². The summed E-state index contributed by atoms with van der Waals surface area (Å²) in [5.41, 5.74) is 3.87. The second kappa shape index (κ2) is 15.2. The molecule has 1 saturated carbocycles. The van der Waals surface area contributed by atoms with Gasteiger partial charge in [0.15, 0.2) is 5.60 Å². The molecule has 2 aromatic carbocycles. The maximum absolute atomic E-state index is 15.2. The monoisotopic (exact) mass is 865 g/mol. The van der Waals surface area contributed by atoms with Gasteiger partial charge in [-0.25, -0.2) is 4.79 Å². The number of benzene rings is 2. The van der Waals surface area contributed by atoms with Gasteiger partial charge in [0.1, 0.15) is 17.3 Å². The average molecular weight is 866 g/mol. The summed E-state index contributed by atoms with van der Waals surface area (Å²) in [6, 6.07) is 12.3. The van der Waals surface area contributed by atoms with Crippen LogP contribution in [0.5, 0.6) is 5.75 Å². The van der Waals surface area contributed by atoms with E-state index in [1.807, 2.05) is 67.2 Å². The zero-order valence-electron chi connectivity index (χ0n) is 36.6. The van der Waals surface area contributed by atoms with Gasteiger partial charge in [-0.05, 0) is 74.2 Å². The van der Waals surface area contributed by atoms with Crippen molar-refractivity contribution >= 4 is 28.5 Å². The minimum absolute atomic E-state index is 0.0790. The minimum Gasteiger partial charge on any atom is -0.496 e. The van der Waals surface area contributed by atoms with Crippen molar-refractivity contribution in [3.63, 3.8) is 0 Å². The SMILES string of the molecule is CC[C@]1(O)C[C@H]2C[N@](CCc3c([nH]c4ccccc34)[C@@](C(=O)OC)(c3cc4c(cc3OC)N(C)[C@H]3[C@@](O)(C(N)=O)[C@H](O)[C@]5(CC)C=CCN6CC[C@]43[C@@H]65)C2)C1.O=c1cc[nH]c(=O)[nH]1. The number of fused-ring (bicyclic) bond motifs is 6. The highest BCUT2D eigenvalue weighted by atomic mass is 16.5. The number of carbonyl (C=O) groups is 2. The number of aliphatic hydroxyl groups is 3. The third kappa shape index (κ3) is 5.97. The van der Waals surface area contributed by atoms with Gasteiger partial charge in [-0.2, -0.15) is 0 Å². The van der Waals surface area contributed by atoms with Crippen LogP contribution in [0.4, 0.5) is 5.69 Å². The molecule has 2 saturated heterocycles. The van der Waals surface area contributed by atoms with Crippen molar-refractivity contribution in [2.45, 2.75) is 92.6 Å². The quantitative estimate of drug-likeness (QED) is 0.109. The van der Waals surface area contributed by atoms with E-state index < -0.39 is 57.2 Å². The third-order valence-corrected chi connectivity index (χ3v) is 15.9. The van der Waals surface area contributed by atoms with Gasteiger partial charge in [0.2, 0.25) is 0 Å². The molecule has 10 rings (SSSR count). The number of rotatable bonds is 6. The number of esters is 1. The molecule has 7 heterocycles. The second-order valence-electron chi connectivity index (χ2n) is 18.8. The first-order chi connectivity index (χ1) is 30.1. The fraction of sp³-hybridized carbons (Fsp3) is 0.532. The fourth-order valence-corrected chi connectivity index (χ4v) is 13.4. The van der Waals surface area contributed by atoms with Crippen molar-refractivity contribution in [2.75, 3.05) is 58.9 Å². The molecule has 16 heteroatoms. The van der Waals surface area contributed by atoms with E-state index in [1.165, 1.54) is 19.4 Å². The lowest BCUT2D eigenvalue weighted by Crippen LogP contribution is -2.81. The number of H-pyrrole nitrogens is 3. The van der Waals surface area contributed by atoms with Crippen molar-refractivity contribution in [3.05, 3.63) is 104 Å². The molecule has 0 unspecified atom stereocenters. The third-order valence-electron chi connectivity index (χ3n) is 15.9. The predicted molar refractivity (Wildman–Crippen MR) is 236 cm³/mol. The van der Waals surface area contributed by atoms with Gasteiger partial charge in [-0.1, -0.05) is 44.2 Å². The Morgan fingerprint density at radius 3 is 2.43 bits per heavy atom. The van der Waals surface area contributed by atoms with Crippen LogP contribution in [-0.4, -0.2) is 135 Å². The lowest BCUT2D eigenvalue weighted by atomic mass is 9.47. The summed E-state index contributed by atoms with van der Waals surface area (Å²) in [4.78, 5) is 63.9. The highest BCUT2D eigenvalue weighted by Crippen LogP contribution is 2.67. The Hall–Kier alpha value is -5.26. The van der Waals surface area contributed by atoms with Crippen LogP contribution in [0.1, 0.15) is 68.3 Å². The smallest absolute Gasteiger partial charge is 0.325 e. The van der Waals surface area contributed by atoms with Crippen LogP contribution < -0.4 is 26.6 Å². The second-order valence-corrected chi connectivity index (χ2v) is 18.8. The van der Waals surface area contributed by atoms with Crippen molar-refractivity contribution in [1.29, 1.82) is 0 Å². The molecule has 1 amide bonds. The Labute approximate surface area is 365 Å². The Morgan fingerprint density at radius 2 is 1.76 bits per heavy atom. The molecule has 1 spiro atoms. The van der Waals surface area contributed by atoms with E-state index in [-0.39, 0.29) is 17.5 Å². The Kier molecular flexibility index (Phi) is 10.4. The number of primary amides is 1. The number of aliphatic hydroxyl groups excluding tert-OH is 1. The summed E-state index contributed by atoms with van der Waals surface area (Å²) in [5, 5.41) is 38.0. The Morgan fingerprint density at radius 1 is 0.984 bits per heavy atom. The van der Waals surface area contributed by atoms with E-state index in [1.54, 1.807) is 7.11 Å². The van der Waals surface area contributed by atoms with E-state index in [0.717, 1.165) is 46.5 Å². The lowest BCUT2D eigenvalue weighted by Gasteiger charge is -2.63. The van der Waals surface area contributed by atoms with Gasteiger partial charge in [-0.3, -0.25) is 29.2 Å². The van der Waals surface area contributed by atoms with Gasteiger partial charge in [-0.15, -0.1) is 0 Å². The molecule has 10 atom stereocenters. The number of nitrogens with two attached hydrogens (primary N) is 1. The first kappa shape index (κ1) is 43.0. The molecule has 2 bridgehead atoms. The number of likely N-dealkylation sites (N-methyl/N-ethyl adjacent to an activating group) is 1. The number of piperidine rings is 1. The number of methoxy groups -OCH3 is 2. The summed E-state index contributed by atoms with van der Waals surface area (Å²) in [5.74, 6) is -1.00. The maximum Gasteiger partial charge on any atom is 0.325 e. The van der Waals surface area contributed by atoms with Crippen LogP contribution in [0.25, 0.3) is 10.9 Å². The fourth-order valence-electron chi connectivity index (χ4n) is 13.4. The zero-order valence-corrected chi connectivity index (χ0v) is 36.6. The van der Waals surface area contributed by atoms with Crippen molar-refractivity contribution < 1.29 is 34.4 Å². The van der Waals surface area contributed by atoms with Gasteiger partial charge >= 0.3 is 11.7 Å². The number of aromatic nitrogens is 3. The molecular weight excluding hydrogens is 807 g/mol. The van der Waals surface area contributed by atoms with Crippen LogP contribution in [0.3, 0.4) is 0 Å². The average Bonchev–Trinajstić information content (AvgIpc) is 3.93. The standard InChI is InChI=1S/C43H55N5O7.C4H4N2O2/c1-6-39(52)21-25-22-42(38(51)55-5,33-27(13-17-47(23-25)24-39)26-11-8-9-12-30(26)45-33)29-19-28-31(20-32(29)54-4)46(3)35-41(28)15-18-48-16-10-14-40(7-2,34(41)48)36(49)43(35,53)37(44)50;7-3-1-2-5-4(8)6-3/h8-12,14,19-20,25,34-36,45,49,52-53H,6-7,13,15-18,21-24H2,1-5H3,(H2,44,50);1-2H,(H2,5,6,7,8)/t25-,34+,35-,36-,39+,40-,41-,42+,43+;/m1./s1. The van der Waals surface area contributed by atoms with E-state index >= 15 is 4.79 Å². The van der Waals surface area contributed by atoms with Gasteiger partial charge in [0.25, 0.3) is 11.5 Å². The predicted octanol–water partition coefficient (Wildman–Crippen LogP) is 1.80. The van der Waals surface area contributed by atoms with Crippen LogP contribution >= 0.6 is 0 Å². The summed E-state index contributed by atoms with van der Waals surface area (Å²) < 4.78 is 12.2. The lowest BCUT2D eigenvalue weighted by molar-refractivity contribution is -0.201. The van der Waals surface area contributed by atoms with Crippen LogP contribution in [0, 0.1) is 11.3 Å². The van der Waals surface area contributed by atoms with Gasteiger partial charge in [0, 0.05) is 96.3 Å². The summed E-state index contributed by atoms with van der Waals surface area (Å²) >= 11 is 0. The van der Waals surface area contributed by atoms with Gasteiger partial charge < -0.3 is 45.4 Å². The van der Waals surface area contributed by atoms with E-state index in [4.69, 9.17) is 15.2 Å². The Bertz CT molecular complexity index is 2600. The molecule has 1 aliphatic carbocycles. The molecule has 4 aromatic rings. The number of ether oxygens (including phenoxy) is 2. The van der Waals surface area contributed by atoms with E-state index in [9.17, 15) is 29.7 Å². The number of hydrogen-bond acceptors (Lipinski definition) is 12. The maximum atomic E-state index is 15.2. The van der Waals surface area contributed by atoms with Crippen molar-refractivity contribution in [2.24, 2.45) is 17.1 Å². The summed E-state index contributed by atoms with van der Waals surface area (Å²) in [6.07, 6.45) is 7.07. The molecule has 5 aliphatic heterocycles. The number of anilines is 1. The largest absolute Gasteiger partial charge is 0.496 e. The number of amides is 1. The number of para-hydroxylation sites is 1. The number of nitrogens with zero attached hydrogens (tertiary/aromatic N) is 3. The molecular formula is C47H59N7O9. The van der Waals surface area contributed by atoms with Crippen LogP contribution in [-0.2, 0) is 31.6 Å². The molecule has 3 fully saturated rings. The molecule has 63 heavy (non-hydrogen) atoms. The van der Waals surface area contributed by atoms with Crippen molar-refractivity contribution in [1.82, 2.24) is 24.8 Å². The molecule has 0 radical (unpaired) electrons. The van der Waals surface area contributed by atoms with Gasteiger partial charge in [0.05, 0.1) is 25.9 Å². The normalized spacial score (nSPS) is 35.2. The van der Waals surface area contributed by atoms with Crippen LogP contribution in [0.2, 0.25) is 0 Å². The first-order valence-electron chi connectivity index (χ1n) is 22.1. The zero-order chi connectivity index (χ0) is 44.9. The minimum atomic E-state index is -2.30. The summed E-state index contributed by atoms with van der Waals surface area (Å²) in [7, 11) is 4.89. The highest BCUT2D eigenvalue weighted by molar-refractivity contribution is 5.95. The molecule has 16 nitrogen and oxygen atoms in total. The number of hydrogen-bond donors (Lipinski definition) is 7. The molecule has 336 valence electrons. The van der Waals surface area contributed by atoms with E-state index in [0.29, 0.717) is 69.5 Å². The Balaban J connectivity index is 0.000000569. The van der Waals surface area contributed by atoms with E-state index in [2.05, 4.69) is 31.9 Å². The van der Waals surface area contributed by atoms with Crippen molar-refractivity contribution in [3.8, 4) is 5.75 Å². The topological polar surface area (TPSA) is 231 Å². The number of nitrogens with one attached hydrogen (secondary N) is 3. The number of carbonyl (C=O) groups excluding carboxylic acids is 2. The number of aromatic amines is 3.